The van der Waals surface area contributed by atoms with Crippen LogP contribution in [0, 0.1) is 18.3 Å². The number of rotatable bonds is 1. The number of nitriles is 1. The molecule has 0 bridgehead atoms. The largest absolute Gasteiger partial charge is 0.468 e. The van der Waals surface area contributed by atoms with E-state index in [9.17, 15) is 5.26 Å². The number of aromatic amines is 1. The van der Waals surface area contributed by atoms with Crippen molar-refractivity contribution in [1.29, 1.82) is 5.26 Å². The van der Waals surface area contributed by atoms with Crippen LogP contribution in [-0.4, -0.2) is 10.2 Å². The number of furan rings is 1. The van der Waals surface area contributed by atoms with Gasteiger partial charge in [0.25, 0.3) is 0 Å². The third-order valence-corrected chi connectivity index (χ3v) is 2.96. The molecule has 3 N–H and O–H groups in total. The van der Waals surface area contributed by atoms with Crippen molar-refractivity contribution >= 4 is 0 Å². The Balaban J connectivity index is 2.25. The summed E-state index contributed by atoms with van der Waals surface area (Å²) in [7, 11) is 0. The zero-order valence-corrected chi connectivity index (χ0v) is 9.60. The Kier molecular flexibility index (Phi) is 2.13. The SMILES string of the molecule is Cc1[nH]nc2c1[C@@H](c1ccco1)C(C#N)=C(N)O2. The summed E-state index contributed by atoms with van der Waals surface area (Å²) in [5.74, 6) is 0.736. The summed E-state index contributed by atoms with van der Waals surface area (Å²) < 4.78 is 10.7. The number of aryl methyl sites for hydroxylation is 1. The highest BCUT2D eigenvalue weighted by molar-refractivity contribution is 5.52. The molecule has 0 aliphatic carbocycles. The maximum atomic E-state index is 9.24. The topological polar surface area (TPSA) is 101 Å². The van der Waals surface area contributed by atoms with Crippen LogP contribution in [0.3, 0.4) is 0 Å². The predicted molar refractivity (Wildman–Crippen MR) is 61.3 cm³/mol. The summed E-state index contributed by atoms with van der Waals surface area (Å²) in [5, 5.41) is 16.1. The second kappa shape index (κ2) is 3.67. The van der Waals surface area contributed by atoms with Crippen LogP contribution in [0.5, 0.6) is 5.88 Å². The quantitative estimate of drug-likeness (QED) is 0.789. The highest BCUT2D eigenvalue weighted by Gasteiger charge is 2.35. The lowest BCUT2D eigenvalue weighted by molar-refractivity contribution is 0.371. The summed E-state index contributed by atoms with van der Waals surface area (Å²) in [5.41, 5.74) is 7.70. The Morgan fingerprint density at radius 3 is 3.06 bits per heavy atom. The van der Waals surface area contributed by atoms with Crippen LogP contribution >= 0.6 is 0 Å². The molecule has 1 atom stereocenters. The van der Waals surface area contributed by atoms with Crippen molar-refractivity contribution in [3.8, 4) is 11.9 Å². The first-order valence-electron chi connectivity index (χ1n) is 5.38. The fourth-order valence-corrected chi connectivity index (χ4v) is 2.14. The van der Waals surface area contributed by atoms with Gasteiger partial charge in [-0.15, -0.1) is 5.10 Å². The number of hydrogen-bond acceptors (Lipinski definition) is 5. The molecule has 0 amide bonds. The number of hydrogen-bond donors (Lipinski definition) is 2. The van der Waals surface area contributed by atoms with E-state index >= 15 is 0 Å². The van der Waals surface area contributed by atoms with Crippen molar-refractivity contribution in [3.63, 3.8) is 0 Å². The zero-order valence-electron chi connectivity index (χ0n) is 9.60. The molecule has 6 nitrogen and oxygen atoms in total. The van der Waals surface area contributed by atoms with Gasteiger partial charge in [-0.2, -0.15) is 5.26 Å². The first kappa shape index (κ1) is 10.5. The molecule has 0 fully saturated rings. The van der Waals surface area contributed by atoms with E-state index in [1.807, 2.05) is 6.92 Å². The fraction of sp³-hybridized carbons (Fsp3) is 0.167. The maximum absolute atomic E-state index is 9.24. The van der Waals surface area contributed by atoms with Gasteiger partial charge < -0.3 is 14.9 Å². The number of fused-ring (bicyclic) bond motifs is 1. The van der Waals surface area contributed by atoms with Crippen LogP contribution in [0.15, 0.2) is 34.3 Å². The Bertz CT molecular complexity index is 661. The van der Waals surface area contributed by atoms with Gasteiger partial charge in [0.1, 0.15) is 17.4 Å². The van der Waals surface area contributed by atoms with E-state index in [-0.39, 0.29) is 11.8 Å². The molecule has 0 saturated carbocycles. The molecule has 0 unspecified atom stereocenters. The lowest BCUT2D eigenvalue weighted by Gasteiger charge is -2.21. The summed E-state index contributed by atoms with van der Waals surface area (Å²) in [6.07, 6.45) is 1.56. The average Bonchev–Trinajstić information content (AvgIpc) is 2.98. The fourth-order valence-electron chi connectivity index (χ4n) is 2.14. The van der Waals surface area contributed by atoms with Gasteiger partial charge in [-0.1, -0.05) is 0 Å². The molecule has 1 aliphatic heterocycles. The Morgan fingerprint density at radius 1 is 1.56 bits per heavy atom. The van der Waals surface area contributed by atoms with E-state index in [0.717, 1.165) is 11.3 Å². The standard InChI is InChI=1S/C12H10N4O2/c1-6-9-10(8-3-2-4-17-8)7(5-13)11(14)18-12(9)16-15-6/h2-4,10H,14H2,1H3,(H,15,16)/t10-/m1/s1. The molecule has 6 heteroatoms. The van der Waals surface area contributed by atoms with Gasteiger partial charge in [-0.25, -0.2) is 0 Å². The molecule has 3 rings (SSSR count). The van der Waals surface area contributed by atoms with Gasteiger partial charge >= 0.3 is 0 Å². The van der Waals surface area contributed by atoms with Crippen LogP contribution in [0.1, 0.15) is 22.9 Å². The van der Waals surface area contributed by atoms with E-state index in [0.29, 0.717) is 17.2 Å². The Hall–Kier alpha value is -2.68. The molecule has 0 saturated heterocycles. The maximum Gasteiger partial charge on any atom is 0.244 e. The monoisotopic (exact) mass is 242 g/mol. The van der Waals surface area contributed by atoms with E-state index < -0.39 is 0 Å². The second-order valence-corrected chi connectivity index (χ2v) is 4.01. The molecule has 18 heavy (non-hydrogen) atoms. The van der Waals surface area contributed by atoms with Gasteiger partial charge in [-0.05, 0) is 19.1 Å². The molecule has 90 valence electrons. The molecule has 1 aliphatic rings. The van der Waals surface area contributed by atoms with Gasteiger partial charge in [0.05, 0.1) is 17.7 Å². The Labute approximate surface area is 103 Å². The number of H-pyrrole nitrogens is 1. The molecule has 0 radical (unpaired) electrons. The molecule has 2 aromatic heterocycles. The summed E-state index contributed by atoms with van der Waals surface area (Å²) >= 11 is 0. The van der Waals surface area contributed by atoms with E-state index in [1.54, 1.807) is 18.4 Å². The van der Waals surface area contributed by atoms with Crippen LogP contribution in [-0.2, 0) is 0 Å². The molecule has 0 spiro atoms. The van der Waals surface area contributed by atoms with E-state index in [4.69, 9.17) is 14.9 Å². The Morgan fingerprint density at radius 2 is 2.39 bits per heavy atom. The minimum atomic E-state index is -0.368. The second-order valence-electron chi connectivity index (χ2n) is 4.01. The van der Waals surface area contributed by atoms with Gasteiger partial charge in [0.15, 0.2) is 0 Å². The minimum Gasteiger partial charge on any atom is -0.468 e. The van der Waals surface area contributed by atoms with Gasteiger partial charge in [-0.3, -0.25) is 5.10 Å². The highest BCUT2D eigenvalue weighted by Crippen LogP contribution is 2.42. The first-order valence-corrected chi connectivity index (χ1v) is 5.38. The summed E-state index contributed by atoms with van der Waals surface area (Å²) in [6, 6.07) is 5.65. The number of allylic oxidation sites excluding steroid dienone is 1. The lowest BCUT2D eigenvalue weighted by atomic mass is 9.88. The number of aromatic nitrogens is 2. The molecular weight excluding hydrogens is 232 g/mol. The van der Waals surface area contributed by atoms with Crippen molar-refractivity contribution in [1.82, 2.24) is 10.2 Å². The van der Waals surface area contributed by atoms with Gasteiger partial charge in [0, 0.05) is 5.69 Å². The lowest BCUT2D eigenvalue weighted by Crippen LogP contribution is -2.20. The third-order valence-electron chi connectivity index (χ3n) is 2.96. The van der Waals surface area contributed by atoms with Crippen LogP contribution < -0.4 is 10.5 Å². The van der Waals surface area contributed by atoms with Crippen LogP contribution in [0.25, 0.3) is 0 Å². The average molecular weight is 242 g/mol. The predicted octanol–water partition coefficient (Wildman–Crippen LogP) is 1.53. The van der Waals surface area contributed by atoms with Crippen LogP contribution in [0.4, 0.5) is 0 Å². The number of nitrogens with one attached hydrogen (secondary N) is 1. The van der Waals surface area contributed by atoms with Crippen molar-refractivity contribution < 1.29 is 9.15 Å². The van der Waals surface area contributed by atoms with Gasteiger partial charge in [0.2, 0.25) is 11.8 Å². The smallest absolute Gasteiger partial charge is 0.244 e. The molecule has 0 aromatic carbocycles. The van der Waals surface area contributed by atoms with Crippen molar-refractivity contribution in [3.05, 3.63) is 46.9 Å². The van der Waals surface area contributed by atoms with Crippen molar-refractivity contribution in [2.45, 2.75) is 12.8 Å². The highest BCUT2D eigenvalue weighted by atomic mass is 16.5. The first-order chi connectivity index (χ1) is 8.72. The van der Waals surface area contributed by atoms with E-state index in [2.05, 4.69) is 16.3 Å². The van der Waals surface area contributed by atoms with Crippen molar-refractivity contribution in [2.24, 2.45) is 5.73 Å². The van der Waals surface area contributed by atoms with Crippen molar-refractivity contribution in [2.75, 3.05) is 0 Å². The number of nitrogens with two attached hydrogens (primary N) is 1. The molecule has 3 heterocycles. The normalized spacial score (nSPS) is 18.1. The third kappa shape index (κ3) is 1.31. The minimum absolute atomic E-state index is 0.0675. The number of nitrogens with zero attached hydrogens (tertiary/aromatic N) is 2. The zero-order chi connectivity index (χ0) is 12.7. The van der Waals surface area contributed by atoms with Crippen LogP contribution in [0.2, 0.25) is 0 Å². The van der Waals surface area contributed by atoms with E-state index in [1.165, 1.54) is 0 Å². The molecular formula is C12H10N4O2. The molecule has 2 aromatic rings. The summed E-state index contributed by atoms with van der Waals surface area (Å²) in [4.78, 5) is 0. The number of ether oxygens (including phenoxy) is 1. The summed E-state index contributed by atoms with van der Waals surface area (Å²) in [6.45, 7) is 1.86.